The first-order valence-electron chi connectivity index (χ1n) is 3.76. The summed E-state index contributed by atoms with van der Waals surface area (Å²) in [6.07, 6.45) is 1.16. The molecule has 1 unspecified atom stereocenters. The van der Waals surface area contributed by atoms with Crippen LogP contribution in [0.3, 0.4) is 0 Å². The zero-order chi connectivity index (χ0) is 10.3. The molecule has 1 aliphatic heterocycles. The second kappa shape index (κ2) is 2.66. The van der Waals surface area contributed by atoms with Gasteiger partial charge < -0.3 is 10.8 Å². The zero-order valence-corrected chi connectivity index (χ0v) is 6.89. The summed E-state index contributed by atoms with van der Waals surface area (Å²) in [5.74, 6) is -2.15. The van der Waals surface area contributed by atoms with Crippen LogP contribution in [0.1, 0.15) is 11.5 Å². The zero-order valence-electron chi connectivity index (χ0n) is 6.89. The Hall–Kier alpha value is -2.18. The van der Waals surface area contributed by atoms with Crippen molar-refractivity contribution < 1.29 is 9.90 Å². The maximum Gasteiger partial charge on any atom is 0.316 e. The quantitative estimate of drug-likeness (QED) is 0.542. The number of nitrogens with one attached hydrogen (secondary N) is 1. The van der Waals surface area contributed by atoms with Crippen LogP contribution in [0.4, 0.5) is 11.8 Å². The van der Waals surface area contributed by atoms with Gasteiger partial charge in [0.1, 0.15) is 5.92 Å². The first-order valence-corrected chi connectivity index (χ1v) is 3.76. The highest BCUT2D eigenvalue weighted by Gasteiger charge is 2.29. The minimum absolute atomic E-state index is 0.0340. The fraction of sp³-hybridized carbons (Fsp3) is 0.143. The number of fused-ring (bicyclic) bond motifs is 1. The smallest absolute Gasteiger partial charge is 0.316 e. The van der Waals surface area contributed by atoms with E-state index in [-0.39, 0.29) is 17.3 Å². The normalized spacial score (nSPS) is 18.1. The Morgan fingerprint density at radius 2 is 2.36 bits per heavy atom. The number of nitrogens with two attached hydrogens (primary N) is 1. The average molecular weight is 194 g/mol. The monoisotopic (exact) mass is 194 g/mol. The molecule has 1 aromatic rings. The summed E-state index contributed by atoms with van der Waals surface area (Å²) in [5.41, 5.74) is 4.74. The first kappa shape index (κ1) is 8.42. The molecule has 2 rings (SSSR count). The summed E-state index contributed by atoms with van der Waals surface area (Å²) in [6, 6.07) is 0. The Morgan fingerprint density at radius 3 is 3.00 bits per heavy atom. The molecule has 0 saturated carbocycles. The summed E-state index contributed by atoms with van der Waals surface area (Å²) >= 11 is 0. The lowest BCUT2D eigenvalue weighted by Gasteiger charge is -2.01. The summed E-state index contributed by atoms with van der Waals surface area (Å²) < 4.78 is 0. The Kier molecular flexibility index (Phi) is 1.60. The molecule has 1 atom stereocenters. The van der Waals surface area contributed by atoms with Gasteiger partial charge in [-0.15, -0.1) is 0 Å². The van der Waals surface area contributed by atoms with Gasteiger partial charge >= 0.3 is 5.97 Å². The van der Waals surface area contributed by atoms with Gasteiger partial charge in [0.2, 0.25) is 5.95 Å². The molecular formula is C7H6N4O3. The highest BCUT2D eigenvalue weighted by atomic mass is 16.4. The van der Waals surface area contributed by atoms with Crippen molar-refractivity contribution in [2.24, 2.45) is 4.99 Å². The number of carboxylic acid groups (broad SMARTS) is 1. The van der Waals surface area contributed by atoms with Crippen LogP contribution in [0.25, 0.3) is 0 Å². The molecule has 1 aliphatic rings. The van der Waals surface area contributed by atoms with Crippen molar-refractivity contribution in [3.63, 3.8) is 0 Å². The van der Waals surface area contributed by atoms with E-state index in [1.165, 1.54) is 0 Å². The van der Waals surface area contributed by atoms with E-state index in [0.29, 0.717) is 0 Å². The first-order chi connectivity index (χ1) is 6.59. The number of aliphatic imine (C=N–C) groups is 1. The second-order valence-corrected chi connectivity index (χ2v) is 2.78. The van der Waals surface area contributed by atoms with E-state index in [2.05, 4.69) is 15.0 Å². The lowest BCUT2D eigenvalue weighted by atomic mass is 10.1. The number of H-pyrrole nitrogens is 1. The van der Waals surface area contributed by atoms with Gasteiger partial charge in [-0.05, 0) is 0 Å². The lowest BCUT2D eigenvalue weighted by Crippen LogP contribution is -2.21. The lowest BCUT2D eigenvalue weighted by molar-refractivity contribution is -0.136. The van der Waals surface area contributed by atoms with Gasteiger partial charge in [-0.1, -0.05) is 0 Å². The molecule has 0 fully saturated rings. The topological polar surface area (TPSA) is 121 Å². The standard InChI is InChI=1S/C7H6N4O3/c8-7-10-4-3(5(12)11-7)2(1-9-4)6(13)14/h1-2H,(H,13,14)(H3,8,10,11,12). The third-order valence-corrected chi connectivity index (χ3v) is 1.88. The number of anilines is 1. The van der Waals surface area contributed by atoms with Crippen LogP contribution < -0.4 is 11.3 Å². The number of aromatic amines is 1. The fourth-order valence-electron chi connectivity index (χ4n) is 1.27. The van der Waals surface area contributed by atoms with Gasteiger partial charge in [0.25, 0.3) is 5.56 Å². The Balaban J connectivity index is 2.66. The van der Waals surface area contributed by atoms with Crippen molar-refractivity contribution >= 4 is 24.0 Å². The van der Waals surface area contributed by atoms with E-state index < -0.39 is 17.4 Å². The predicted octanol–water partition coefficient (Wildman–Crippen LogP) is -0.764. The Labute approximate surface area is 77.3 Å². The Bertz CT molecular complexity index is 490. The third-order valence-electron chi connectivity index (χ3n) is 1.88. The van der Waals surface area contributed by atoms with Gasteiger partial charge in [0.05, 0.1) is 5.56 Å². The van der Waals surface area contributed by atoms with Crippen molar-refractivity contribution in [1.82, 2.24) is 9.97 Å². The molecule has 0 spiro atoms. The number of aliphatic carboxylic acids is 1. The number of nitrogens with zero attached hydrogens (tertiary/aromatic N) is 2. The number of aromatic nitrogens is 2. The van der Waals surface area contributed by atoms with Gasteiger partial charge in [0, 0.05) is 6.21 Å². The molecule has 0 radical (unpaired) electrons. The number of carboxylic acids is 1. The summed E-state index contributed by atoms with van der Waals surface area (Å²) in [5, 5.41) is 8.75. The number of carbonyl (C=O) groups is 1. The molecule has 1 aromatic heterocycles. The molecule has 0 amide bonds. The van der Waals surface area contributed by atoms with E-state index in [4.69, 9.17) is 10.8 Å². The van der Waals surface area contributed by atoms with Gasteiger partial charge in [-0.3, -0.25) is 14.6 Å². The minimum Gasteiger partial charge on any atom is -0.481 e. The largest absolute Gasteiger partial charge is 0.481 e. The summed E-state index contributed by atoms with van der Waals surface area (Å²) in [4.78, 5) is 31.7. The number of rotatable bonds is 1. The van der Waals surface area contributed by atoms with Crippen molar-refractivity contribution in [3.05, 3.63) is 15.9 Å². The molecule has 0 saturated heterocycles. The Morgan fingerprint density at radius 1 is 1.64 bits per heavy atom. The maximum atomic E-state index is 11.3. The average Bonchev–Trinajstić information content (AvgIpc) is 2.47. The molecule has 4 N–H and O–H groups in total. The molecule has 7 nitrogen and oxygen atoms in total. The van der Waals surface area contributed by atoms with Crippen LogP contribution in [-0.4, -0.2) is 27.3 Å². The van der Waals surface area contributed by atoms with E-state index in [1.807, 2.05) is 0 Å². The van der Waals surface area contributed by atoms with Crippen molar-refractivity contribution in [2.75, 3.05) is 5.73 Å². The molecule has 14 heavy (non-hydrogen) atoms. The van der Waals surface area contributed by atoms with Crippen LogP contribution in [0.5, 0.6) is 0 Å². The van der Waals surface area contributed by atoms with Crippen LogP contribution in [0.2, 0.25) is 0 Å². The van der Waals surface area contributed by atoms with Crippen LogP contribution >= 0.6 is 0 Å². The molecule has 0 aliphatic carbocycles. The van der Waals surface area contributed by atoms with Crippen LogP contribution in [0.15, 0.2) is 9.79 Å². The van der Waals surface area contributed by atoms with Gasteiger partial charge in [0.15, 0.2) is 5.82 Å². The highest BCUT2D eigenvalue weighted by molar-refractivity contribution is 5.99. The van der Waals surface area contributed by atoms with E-state index in [1.54, 1.807) is 0 Å². The van der Waals surface area contributed by atoms with E-state index in [9.17, 15) is 9.59 Å². The fourth-order valence-corrected chi connectivity index (χ4v) is 1.27. The van der Waals surface area contributed by atoms with Crippen molar-refractivity contribution in [1.29, 1.82) is 0 Å². The van der Waals surface area contributed by atoms with E-state index in [0.717, 1.165) is 6.21 Å². The van der Waals surface area contributed by atoms with Gasteiger partial charge in [-0.2, -0.15) is 4.98 Å². The van der Waals surface area contributed by atoms with Crippen LogP contribution in [0, 0.1) is 0 Å². The maximum absolute atomic E-state index is 11.3. The second-order valence-electron chi connectivity index (χ2n) is 2.78. The summed E-state index contributed by atoms with van der Waals surface area (Å²) in [7, 11) is 0. The molecule has 72 valence electrons. The van der Waals surface area contributed by atoms with E-state index >= 15 is 0 Å². The number of hydrogen-bond donors (Lipinski definition) is 3. The van der Waals surface area contributed by atoms with Gasteiger partial charge in [-0.25, -0.2) is 4.99 Å². The predicted molar refractivity (Wildman–Crippen MR) is 47.8 cm³/mol. The van der Waals surface area contributed by atoms with Crippen molar-refractivity contribution in [3.8, 4) is 0 Å². The number of nitrogen functional groups attached to an aromatic ring is 1. The molecule has 0 aromatic carbocycles. The highest BCUT2D eigenvalue weighted by Crippen LogP contribution is 2.26. The van der Waals surface area contributed by atoms with Crippen molar-refractivity contribution in [2.45, 2.75) is 5.92 Å². The molecule has 7 heteroatoms. The molecule has 0 bridgehead atoms. The SMILES string of the molecule is Nc1nc2c(c(=O)[nH]1)C(C(=O)O)C=N2. The minimum atomic E-state index is -1.13. The molecular weight excluding hydrogens is 188 g/mol. The molecule has 2 heterocycles. The third kappa shape index (κ3) is 1.06. The summed E-state index contributed by atoms with van der Waals surface area (Å²) in [6.45, 7) is 0. The number of hydrogen-bond acceptors (Lipinski definition) is 5. The van der Waals surface area contributed by atoms with Crippen LogP contribution in [-0.2, 0) is 4.79 Å².